The third-order valence-corrected chi connectivity index (χ3v) is 5.93. The van der Waals surface area contributed by atoms with E-state index < -0.39 is 0 Å². The molecule has 0 aliphatic heterocycles. The van der Waals surface area contributed by atoms with Gasteiger partial charge < -0.3 is 15.2 Å². The van der Waals surface area contributed by atoms with E-state index in [1.807, 2.05) is 23.6 Å². The molecule has 0 spiro atoms. The summed E-state index contributed by atoms with van der Waals surface area (Å²) >= 11 is 10.7. The summed E-state index contributed by atoms with van der Waals surface area (Å²) in [4.78, 5) is 24.5. The van der Waals surface area contributed by atoms with Gasteiger partial charge in [0.2, 0.25) is 5.91 Å². The molecule has 2 N–H and O–H groups in total. The van der Waals surface area contributed by atoms with Crippen molar-refractivity contribution in [3.05, 3.63) is 69.4 Å². The van der Waals surface area contributed by atoms with Crippen molar-refractivity contribution >= 4 is 56.8 Å². The predicted molar refractivity (Wildman–Crippen MR) is 122 cm³/mol. The van der Waals surface area contributed by atoms with E-state index in [2.05, 4.69) is 36.8 Å². The highest BCUT2D eigenvalue weighted by Crippen LogP contribution is 2.22. The topological polar surface area (TPSA) is 88.9 Å². The number of rotatable bonds is 8. The summed E-state index contributed by atoms with van der Waals surface area (Å²) in [6, 6.07) is 14.2. The Kier molecular flexibility index (Phi) is 7.89. The highest BCUT2D eigenvalue weighted by molar-refractivity contribution is 9.10. The monoisotopic (exact) mass is 507 g/mol. The highest BCUT2D eigenvalue weighted by atomic mass is 79.9. The molecular formula is C20H19BrClN5O2S. The number of hydrogen-bond donors (Lipinski definition) is 2. The first-order chi connectivity index (χ1) is 14.5. The molecule has 3 aromatic rings. The lowest BCUT2D eigenvalue weighted by atomic mass is 10.2. The molecule has 0 aliphatic rings. The summed E-state index contributed by atoms with van der Waals surface area (Å²) < 4.78 is 2.78. The van der Waals surface area contributed by atoms with Gasteiger partial charge in [0.05, 0.1) is 23.0 Å². The van der Waals surface area contributed by atoms with Gasteiger partial charge in [0.15, 0.2) is 11.0 Å². The summed E-state index contributed by atoms with van der Waals surface area (Å²) in [5.74, 6) is 0.400. The molecule has 0 bridgehead atoms. The van der Waals surface area contributed by atoms with E-state index in [1.54, 1.807) is 36.4 Å². The number of amides is 2. The maximum Gasteiger partial charge on any atom is 0.251 e. The Hall–Kier alpha value is -2.36. The number of aromatic nitrogens is 3. The van der Waals surface area contributed by atoms with Crippen LogP contribution in [0.1, 0.15) is 23.1 Å². The minimum Gasteiger partial charge on any atom is -0.345 e. The zero-order valence-electron chi connectivity index (χ0n) is 16.1. The molecule has 0 aliphatic carbocycles. The van der Waals surface area contributed by atoms with E-state index in [0.29, 0.717) is 33.8 Å². The number of nitrogens with zero attached hydrogens (tertiary/aromatic N) is 3. The van der Waals surface area contributed by atoms with Gasteiger partial charge in [-0.1, -0.05) is 51.4 Å². The average molecular weight is 509 g/mol. The third kappa shape index (κ3) is 5.84. The van der Waals surface area contributed by atoms with Gasteiger partial charge in [-0.25, -0.2) is 0 Å². The van der Waals surface area contributed by atoms with Crippen molar-refractivity contribution in [2.75, 3.05) is 11.1 Å². The lowest BCUT2D eigenvalue weighted by Crippen LogP contribution is -2.24. The Morgan fingerprint density at radius 3 is 2.57 bits per heavy atom. The molecule has 0 radical (unpaired) electrons. The van der Waals surface area contributed by atoms with Crippen LogP contribution in [0.5, 0.6) is 0 Å². The molecule has 3 rings (SSSR count). The van der Waals surface area contributed by atoms with E-state index >= 15 is 0 Å². The van der Waals surface area contributed by atoms with Crippen LogP contribution in [-0.4, -0.2) is 32.3 Å². The first kappa shape index (κ1) is 22.3. The van der Waals surface area contributed by atoms with Gasteiger partial charge in [-0.2, -0.15) is 0 Å². The third-order valence-electron chi connectivity index (χ3n) is 4.10. The molecule has 2 aromatic carbocycles. The van der Waals surface area contributed by atoms with Crippen LogP contribution < -0.4 is 10.6 Å². The lowest BCUT2D eigenvalue weighted by molar-refractivity contribution is -0.113. The zero-order valence-corrected chi connectivity index (χ0v) is 19.2. The summed E-state index contributed by atoms with van der Waals surface area (Å²) in [7, 11) is 0. The van der Waals surface area contributed by atoms with Crippen LogP contribution >= 0.6 is 39.3 Å². The molecule has 1 aromatic heterocycles. The van der Waals surface area contributed by atoms with Crippen LogP contribution in [0.15, 0.2) is 58.2 Å². The number of thioether (sulfide) groups is 1. The number of hydrogen-bond acceptors (Lipinski definition) is 5. The summed E-state index contributed by atoms with van der Waals surface area (Å²) in [6.07, 6.45) is 0. The molecule has 10 heteroatoms. The standard InChI is InChI=1S/C20H19BrClN5O2S/c1-2-27-17(11-23-19(29)13-7-9-14(21)10-8-13)25-26-20(27)30-12-18(28)24-16-6-4-3-5-15(16)22/h3-10H,2,11-12H2,1H3,(H,23,29)(H,24,28). The first-order valence-electron chi connectivity index (χ1n) is 9.11. The fourth-order valence-corrected chi connectivity index (χ4v) is 3.88. The van der Waals surface area contributed by atoms with E-state index in [0.717, 1.165) is 4.47 Å². The van der Waals surface area contributed by atoms with E-state index in [-0.39, 0.29) is 24.1 Å². The van der Waals surface area contributed by atoms with Crippen LogP contribution in [0.3, 0.4) is 0 Å². The van der Waals surface area contributed by atoms with Gasteiger partial charge in [0.25, 0.3) is 5.91 Å². The van der Waals surface area contributed by atoms with Crippen LogP contribution in [0.25, 0.3) is 0 Å². The van der Waals surface area contributed by atoms with E-state index in [4.69, 9.17) is 11.6 Å². The Balaban J connectivity index is 1.57. The first-order valence-corrected chi connectivity index (χ1v) is 11.3. The van der Waals surface area contributed by atoms with Crippen molar-refractivity contribution in [2.45, 2.75) is 25.2 Å². The SMILES string of the molecule is CCn1c(CNC(=O)c2ccc(Br)cc2)nnc1SCC(=O)Nc1ccccc1Cl. The molecule has 7 nitrogen and oxygen atoms in total. The van der Waals surface area contributed by atoms with Crippen molar-refractivity contribution in [2.24, 2.45) is 0 Å². The molecule has 2 amide bonds. The van der Waals surface area contributed by atoms with Crippen LogP contribution in [-0.2, 0) is 17.9 Å². The second kappa shape index (κ2) is 10.6. The van der Waals surface area contributed by atoms with Crippen molar-refractivity contribution in [1.82, 2.24) is 20.1 Å². The molecule has 1 heterocycles. The normalized spacial score (nSPS) is 10.6. The smallest absolute Gasteiger partial charge is 0.251 e. The Morgan fingerprint density at radius 1 is 1.13 bits per heavy atom. The minimum absolute atomic E-state index is 0.161. The van der Waals surface area contributed by atoms with E-state index in [1.165, 1.54) is 11.8 Å². The molecule has 30 heavy (non-hydrogen) atoms. The predicted octanol–water partition coefficient (Wildman–Crippen LogP) is 4.37. The second-order valence-corrected chi connectivity index (χ2v) is 8.41. The number of nitrogens with one attached hydrogen (secondary N) is 2. The second-order valence-electron chi connectivity index (χ2n) is 6.15. The van der Waals surface area contributed by atoms with Gasteiger partial charge in [-0.3, -0.25) is 9.59 Å². The molecule has 0 atom stereocenters. The van der Waals surface area contributed by atoms with Gasteiger partial charge in [0, 0.05) is 16.6 Å². The zero-order chi connectivity index (χ0) is 21.5. The number of carbonyl (C=O) groups excluding carboxylic acids is 2. The fraction of sp³-hybridized carbons (Fsp3) is 0.200. The highest BCUT2D eigenvalue weighted by Gasteiger charge is 2.15. The van der Waals surface area contributed by atoms with Gasteiger partial charge >= 0.3 is 0 Å². The maximum atomic E-state index is 12.3. The number of para-hydroxylation sites is 1. The number of anilines is 1. The minimum atomic E-state index is -0.193. The van der Waals surface area contributed by atoms with Crippen molar-refractivity contribution in [3.8, 4) is 0 Å². The number of benzene rings is 2. The molecular weight excluding hydrogens is 490 g/mol. The Morgan fingerprint density at radius 2 is 1.87 bits per heavy atom. The average Bonchev–Trinajstić information content (AvgIpc) is 3.14. The van der Waals surface area contributed by atoms with Crippen LogP contribution in [0.2, 0.25) is 5.02 Å². The summed E-state index contributed by atoms with van der Waals surface area (Å²) in [5.41, 5.74) is 1.13. The van der Waals surface area contributed by atoms with Gasteiger partial charge in [-0.05, 0) is 43.3 Å². The molecule has 0 unspecified atom stereocenters. The lowest BCUT2D eigenvalue weighted by Gasteiger charge is -2.09. The van der Waals surface area contributed by atoms with Crippen LogP contribution in [0, 0.1) is 0 Å². The maximum absolute atomic E-state index is 12.3. The van der Waals surface area contributed by atoms with E-state index in [9.17, 15) is 9.59 Å². The van der Waals surface area contributed by atoms with Crippen molar-refractivity contribution in [1.29, 1.82) is 0 Å². The largest absolute Gasteiger partial charge is 0.345 e. The number of halogens is 2. The molecule has 0 fully saturated rings. The Bertz CT molecular complexity index is 1040. The Labute approximate surface area is 191 Å². The van der Waals surface area contributed by atoms with Crippen molar-refractivity contribution < 1.29 is 9.59 Å². The van der Waals surface area contributed by atoms with Gasteiger partial charge in [-0.15, -0.1) is 10.2 Å². The molecule has 0 saturated heterocycles. The number of carbonyl (C=O) groups is 2. The summed E-state index contributed by atoms with van der Waals surface area (Å²) in [5, 5.41) is 15.0. The van der Waals surface area contributed by atoms with Gasteiger partial charge in [0.1, 0.15) is 0 Å². The molecule has 0 saturated carbocycles. The molecule has 156 valence electrons. The van der Waals surface area contributed by atoms with Crippen LogP contribution in [0.4, 0.5) is 5.69 Å². The fourth-order valence-electron chi connectivity index (χ4n) is 2.62. The quantitative estimate of drug-likeness (QED) is 0.441. The van der Waals surface area contributed by atoms with Crippen molar-refractivity contribution in [3.63, 3.8) is 0 Å². The summed E-state index contributed by atoms with van der Waals surface area (Å²) in [6.45, 7) is 2.81.